The molecule has 0 spiro atoms. The highest BCUT2D eigenvalue weighted by Crippen LogP contribution is 2.39. The van der Waals surface area contributed by atoms with Gasteiger partial charge in [-0.05, 0) is 48.5 Å². The van der Waals surface area contributed by atoms with Crippen LogP contribution in [0.4, 0.5) is 9.52 Å². The summed E-state index contributed by atoms with van der Waals surface area (Å²) in [5.74, 6) is 1.06. The van der Waals surface area contributed by atoms with E-state index < -0.39 is 0 Å². The number of benzene rings is 2. The van der Waals surface area contributed by atoms with E-state index in [1.807, 2.05) is 5.38 Å². The Morgan fingerprint density at radius 1 is 1.06 bits per heavy atom. The summed E-state index contributed by atoms with van der Waals surface area (Å²) in [7, 11) is 4.47. The number of rotatable bonds is 8. The Balaban J connectivity index is 1.74. The minimum atomic E-state index is -0.328. The van der Waals surface area contributed by atoms with Crippen molar-refractivity contribution in [1.82, 2.24) is 4.98 Å². The molecule has 0 aliphatic carbocycles. The number of carbonyl (C=O) groups excluding carboxylic acids is 1. The number of ether oxygens (including phenoxy) is 3. The molecule has 2 aromatic heterocycles. The van der Waals surface area contributed by atoms with Crippen LogP contribution in [-0.2, 0) is 6.54 Å². The van der Waals surface area contributed by atoms with Gasteiger partial charge >= 0.3 is 0 Å². The number of amides is 1. The number of aromatic nitrogens is 1. The van der Waals surface area contributed by atoms with E-state index in [1.165, 1.54) is 49.7 Å². The van der Waals surface area contributed by atoms with Crippen molar-refractivity contribution in [2.24, 2.45) is 0 Å². The van der Waals surface area contributed by atoms with Crippen LogP contribution < -0.4 is 19.1 Å². The lowest BCUT2D eigenvalue weighted by Gasteiger charge is -2.20. The summed E-state index contributed by atoms with van der Waals surface area (Å²) in [5, 5.41) is 2.28. The van der Waals surface area contributed by atoms with Crippen LogP contribution in [0, 0.1) is 5.82 Å². The fraction of sp³-hybridized carbons (Fsp3) is 0.167. The van der Waals surface area contributed by atoms with Crippen LogP contribution in [-0.4, -0.2) is 32.2 Å². The highest BCUT2D eigenvalue weighted by atomic mass is 32.1. The van der Waals surface area contributed by atoms with E-state index in [1.54, 1.807) is 42.7 Å². The summed E-state index contributed by atoms with van der Waals surface area (Å²) >= 11 is 1.30. The van der Waals surface area contributed by atoms with Crippen molar-refractivity contribution in [3.63, 3.8) is 0 Å². The molecular weight excluding hydrogens is 447 g/mol. The minimum Gasteiger partial charge on any atom is -0.493 e. The van der Waals surface area contributed by atoms with Crippen molar-refractivity contribution in [3.8, 4) is 28.5 Å². The van der Waals surface area contributed by atoms with Gasteiger partial charge in [0.15, 0.2) is 16.6 Å². The van der Waals surface area contributed by atoms with Crippen molar-refractivity contribution in [2.45, 2.75) is 6.54 Å². The van der Waals surface area contributed by atoms with E-state index in [9.17, 15) is 9.18 Å². The van der Waals surface area contributed by atoms with Gasteiger partial charge in [-0.1, -0.05) is 0 Å². The molecule has 0 saturated heterocycles. The van der Waals surface area contributed by atoms with Gasteiger partial charge in [0.25, 0.3) is 5.91 Å². The van der Waals surface area contributed by atoms with Crippen LogP contribution in [0.1, 0.15) is 16.1 Å². The third kappa shape index (κ3) is 4.68. The predicted molar refractivity (Wildman–Crippen MR) is 123 cm³/mol. The second-order valence-electron chi connectivity index (χ2n) is 6.91. The molecule has 1 amide bonds. The van der Waals surface area contributed by atoms with Gasteiger partial charge < -0.3 is 18.6 Å². The zero-order valence-electron chi connectivity index (χ0n) is 18.2. The van der Waals surface area contributed by atoms with E-state index in [2.05, 4.69) is 4.98 Å². The molecule has 0 bridgehead atoms. The Morgan fingerprint density at radius 2 is 1.76 bits per heavy atom. The zero-order chi connectivity index (χ0) is 23.4. The number of carbonyl (C=O) groups is 1. The number of furan rings is 1. The Hall–Kier alpha value is -3.85. The molecule has 0 unspecified atom stereocenters. The van der Waals surface area contributed by atoms with Gasteiger partial charge in [0.05, 0.1) is 39.8 Å². The highest BCUT2D eigenvalue weighted by Gasteiger charge is 2.25. The molecule has 0 atom stereocenters. The predicted octanol–water partition coefficient (Wildman–Crippen LogP) is 5.42. The molecule has 0 fully saturated rings. The lowest BCUT2D eigenvalue weighted by Crippen LogP contribution is -2.30. The summed E-state index contributed by atoms with van der Waals surface area (Å²) in [6.45, 7) is 0.166. The maximum absolute atomic E-state index is 13.6. The number of nitrogens with zero attached hydrogens (tertiary/aromatic N) is 2. The Bertz CT molecular complexity index is 1210. The normalized spacial score (nSPS) is 10.7. The maximum atomic E-state index is 13.6. The SMILES string of the molecule is COc1cc(C(=O)N(Cc2ccco2)c2nc(-c3ccc(F)cc3)cs2)cc(OC)c1OC. The Labute approximate surface area is 194 Å². The Kier molecular flexibility index (Phi) is 6.60. The largest absolute Gasteiger partial charge is 0.493 e. The van der Waals surface area contributed by atoms with Crippen LogP contribution >= 0.6 is 11.3 Å². The summed E-state index contributed by atoms with van der Waals surface area (Å²) in [5.41, 5.74) is 1.71. The first-order chi connectivity index (χ1) is 16.0. The van der Waals surface area contributed by atoms with Crippen molar-refractivity contribution < 1.29 is 27.8 Å². The van der Waals surface area contributed by atoms with Crippen LogP contribution in [0.5, 0.6) is 17.2 Å². The fourth-order valence-corrected chi connectivity index (χ4v) is 4.12. The van der Waals surface area contributed by atoms with Gasteiger partial charge in [-0.3, -0.25) is 9.69 Å². The average Bonchev–Trinajstić information content (AvgIpc) is 3.54. The smallest absolute Gasteiger partial charge is 0.260 e. The first-order valence-electron chi connectivity index (χ1n) is 9.89. The third-order valence-electron chi connectivity index (χ3n) is 4.91. The number of anilines is 1. The summed E-state index contributed by atoms with van der Waals surface area (Å²) in [6.07, 6.45) is 1.54. The third-order valence-corrected chi connectivity index (χ3v) is 5.78. The number of thiazole rings is 1. The molecule has 9 heteroatoms. The molecule has 4 rings (SSSR count). The zero-order valence-corrected chi connectivity index (χ0v) is 19.0. The van der Waals surface area contributed by atoms with Crippen molar-refractivity contribution in [2.75, 3.05) is 26.2 Å². The molecule has 0 saturated carbocycles. The molecule has 2 heterocycles. The van der Waals surface area contributed by atoms with Gasteiger partial charge in [-0.2, -0.15) is 0 Å². The van der Waals surface area contributed by atoms with Crippen molar-refractivity contribution in [3.05, 3.63) is 77.3 Å². The molecule has 0 radical (unpaired) electrons. The van der Waals surface area contributed by atoms with Crippen LogP contribution in [0.2, 0.25) is 0 Å². The van der Waals surface area contributed by atoms with Crippen molar-refractivity contribution >= 4 is 22.4 Å². The van der Waals surface area contributed by atoms with Crippen molar-refractivity contribution in [1.29, 1.82) is 0 Å². The number of halogens is 1. The summed E-state index contributed by atoms with van der Waals surface area (Å²) in [6, 6.07) is 12.7. The Morgan fingerprint density at radius 3 is 2.33 bits per heavy atom. The van der Waals surface area contributed by atoms with E-state index in [-0.39, 0.29) is 18.3 Å². The number of hydrogen-bond acceptors (Lipinski definition) is 7. The first-order valence-corrected chi connectivity index (χ1v) is 10.8. The maximum Gasteiger partial charge on any atom is 0.260 e. The van der Waals surface area contributed by atoms with Gasteiger partial charge in [-0.25, -0.2) is 9.37 Å². The molecule has 170 valence electrons. The molecular formula is C24H21FN2O5S. The van der Waals surface area contributed by atoms with Gasteiger partial charge in [-0.15, -0.1) is 11.3 Å². The molecule has 4 aromatic rings. The van der Waals surface area contributed by atoms with Crippen LogP contribution in [0.15, 0.2) is 64.6 Å². The summed E-state index contributed by atoms with van der Waals surface area (Å²) in [4.78, 5) is 19.8. The quantitative estimate of drug-likeness (QED) is 0.344. The first kappa shape index (κ1) is 22.3. The fourth-order valence-electron chi connectivity index (χ4n) is 3.29. The second kappa shape index (κ2) is 9.74. The number of methoxy groups -OCH3 is 3. The molecule has 2 aromatic carbocycles. The topological polar surface area (TPSA) is 74.0 Å². The van der Waals surface area contributed by atoms with Gasteiger partial charge in [0.2, 0.25) is 5.75 Å². The molecule has 0 N–H and O–H groups in total. The molecule has 7 nitrogen and oxygen atoms in total. The summed E-state index contributed by atoms with van der Waals surface area (Å²) < 4.78 is 34.9. The van der Waals surface area contributed by atoms with E-state index in [4.69, 9.17) is 18.6 Å². The van der Waals surface area contributed by atoms with E-state index in [0.29, 0.717) is 39.4 Å². The van der Waals surface area contributed by atoms with Crippen LogP contribution in [0.3, 0.4) is 0 Å². The lowest BCUT2D eigenvalue weighted by atomic mass is 10.1. The standard InChI is InChI=1S/C24H21FN2O5S/c1-29-20-11-16(12-21(30-2)22(20)31-3)23(28)27(13-18-5-4-10-32-18)24-26-19(14-33-24)15-6-8-17(25)9-7-15/h4-12,14H,13H2,1-3H3. The molecule has 33 heavy (non-hydrogen) atoms. The average molecular weight is 469 g/mol. The van der Waals surface area contributed by atoms with Gasteiger partial charge in [0.1, 0.15) is 11.6 Å². The lowest BCUT2D eigenvalue weighted by molar-refractivity contribution is 0.0982. The highest BCUT2D eigenvalue weighted by molar-refractivity contribution is 7.14. The molecule has 0 aliphatic rings. The monoisotopic (exact) mass is 468 g/mol. The molecule has 0 aliphatic heterocycles. The number of hydrogen-bond donors (Lipinski definition) is 0. The van der Waals surface area contributed by atoms with E-state index in [0.717, 1.165) is 5.56 Å². The van der Waals surface area contributed by atoms with Gasteiger partial charge in [0, 0.05) is 16.5 Å². The second-order valence-corrected chi connectivity index (χ2v) is 7.74. The van der Waals surface area contributed by atoms with E-state index >= 15 is 0 Å². The minimum absolute atomic E-state index is 0.166. The van der Waals surface area contributed by atoms with Crippen LogP contribution in [0.25, 0.3) is 11.3 Å².